The zero-order chi connectivity index (χ0) is 8.32. The van der Waals surface area contributed by atoms with Gasteiger partial charge >= 0.3 is 0 Å². The maximum atomic E-state index is 7.32. The highest BCUT2D eigenvalue weighted by molar-refractivity contribution is 14.1. The molecule has 0 fully saturated rings. The van der Waals surface area contributed by atoms with E-state index in [9.17, 15) is 0 Å². The third-order valence-corrected chi connectivity index (χ3v) is 1.50. The van der Waals surface area contributed by atoms with Crippen LogP contribution in [-0.4, -0.2) is 4.38 Å². The summed E-state index contributed by atoms with van der Waals surface area (Å²) in [5, 5.41) is 0. The fourth-order valence-electron chi connectivity index (χ4n) is 0.673. The van der Waals surface area contributed by atoms with E-state index in [0.717, 1.165) is 5.56 Å². The smallest absolute Gasteiger partial charge is 0.0381 e. The Bertz CT molecular complexity index is 215. The molecule has 0 aliphatic heterocycles. The predicted molar refractivity (Wildman–Crippen MR) is 49.0 cm³/mol. The molecule has 1 aromatic carbocycles. The first-order chi connectivity index (χ1) is 5.08. The summed E-state index contributed by atoms with van der Waals surface area (Å²) in [5.41, 5.74) is 1.05. The van der Waals surface area contributed by atoms with Gasteiger partial charge in [0.1, 0.15) is 0 Å². The van der Waals surface area contributed by atoms with Crippen LogP contribution in [0.4, 0.5) is 0 Å². The highest BCUT2D eigenvalue weighted by Gasteiger charge is 1.85. The summed E-state index contributed by atoms with van der Waals surface area (Å²) >= 11 is 1.81. The highest BCUT2D eigenvalue weighted by Crippen LogP contribution is 2.00. The summed E-state index contributed by atoms with van der Waals surface area (Å²) in [6, 6.07) is 9.68. The number of halogens is 1. The molecule has 9 heavy (non-hydrogen) atoms. The Morgan fingerprint density at radius 2 is 2.00 bits per heavy atom. The zero-order valence-corrected chi connectivity index (χ0v) is 7.13. The summed E-state index contributed by atoms with van der Waals surface area (Å²) in [6.07, 6.45) is 0.481. The van der Waals surface area contributed by atoms with E-state index in [0.29, 0.717) is 6.42 Å². The summed E-state index contributed by atoms with van der Waals surface area (Å²) < 4.78 is 13.5. The average Bonchev–Trinajstić information content (AvgIpc) is 1.85. The van der Waals surface area contributed by atoms with Crippen molar-refractivity contribution in [3.05, 3.63) is 35.9 Å². The number of benzene rings is 1. The molecule has 0 spiro atoms. The topological polar surface area (TPSA) is 0 Å². The third-order valence-electron chi connectivity index (χ3n) is 1.11. The minimum atomic E-state index is -1.13. The molecule has 1 aromatic rings. The number of alkyl halides is 1. The van der Waals surface area contributed by atoms with Crippen LogP contribution in [0.2, 0.25) is 0 Å². The monoisotopic (exact) mass is 234 g/mol. The Labute approximate surface area is 72.2 Å². The SMILES string of the molecule is [2H]C([2H])(I)Cc1ccccc1. The normalized spacial score (nSPS) is 14.3. The fraction of sp³-hybridized carbons (Fsp3) is 0.250. The molecular formula is C8H9I. The van der Waals surface area contributed by atoms with Crippen molar-refractivity contribution < 1.29 is 2.74 Å². The lowest BCUT2D eigenvalue weighted by molar-refractivity contribution is 1.18. The van der Waals surface area contributed by atoms with Crippen LogP contribution < -0.4 is 0 Å². The van der Waals surface area contributed by atoms with Gasteiger partial charge < -0.3 is 0 Å². The van der Waals surface area contributed by atoms with E-state index in [4.69, 9.17) is 2.74 Å². The van der Waals surface area contributed by atoms with Crippen LogP contribution in [0.25, 0.3) is 0 Å². The van der Waals surface area contributed by atoms with Crippen molar-refractivity contribution in [3.8, 4) is 0 Å². The van der Waals surface area contributed by atoms with E-state index < -0.39 is 4.38 Å². The largest absolute Gasteiger partial charge is 0.0860 e. The van der Waals surface area contributed by atoms with Gasteiger partial charge in [-0.05, 0) is 12.0 Å². The Morgan fingerprint density at radius 3 is 2.56 bits per heavy atom. The van der Waals surface area contributed by atoms with Gasteiger partial charge in [0.05, 0.1) is 0 Å². The van der Waals surface area contributed by atoms with Crippen molar-refractivity contribution in [2.75, 3.05) is 4.38 Å². The van der Waals surface area contributed by atoms with Gasteiger partial charge in [0.25, 0.3) is 0 Å². The minimum Gasteiger partial charge on any atom is -0.0860 e. The standard InChI is InChI=1S/C8H9I/c9-7-6-8-4-2-1-3-5-8/h1-5H,6-7H2/i7D2. The maximum absolute atomic E-state index is 7.32. The summed E-state index contributed by atoms with van der Waals surface area (Å²) in [4.78, 5) is 0. The van der Waals surface area contributed by atoms with E-state index in [2.05, 4.69) is 0 Å². The average molecular weight is 234 g/mol. The highest BCUT2D eigenvalue weighted by atomic mass is 127. The lowest BCUT2D eigenvalue weighted by Crippen LogP contribution is -1.82. The minimum absolute atomic E-state index is 0.481. The quantitative estimate of drug-likeness (QED) is 0.545. The molecule has 0 atom stereocenters. The van der Waals surface area contributed by atoms with E-state index >= 15 is 0 Å². The summed E-state index contributed by atoms with van der Waals surface area (Å²) in [6.45, 7) is 0. The zero-order valence-electron chi connectivity index (χ0n) is 6.97. The summed E-state index contributed by atoms with van der Waals surface area (Å²) in [7, 11) is 0. The lowest BCUT2D eigenvalue weighted by atomic mass is 10.2. The molecule has 0 aliphatic carbocycles. The molecule has 0 unspecified atom stereocenters. The van der Waals surface area contributed by atoms with Crippen LogP contribution >= 0.6 is 22.6 Å². The second kappa shape index (κ2) is 3.88. The number of aryl methyl sites for hydroxylation is 1. The number of rotatable bonds is 2. The van der Waals surface area contributed by atoms with Crippen molar-refractivity contribution in [2.24, 2.45) is 0 Å². The van der Waals surface area contributed by atoms with Crippen LogP contribution in [0.15, 0.2) is 30.3 Å². The van der Waals surface area contributed by atoms with Gasteiger partial charge in [-0.1, -0.05) is 52.9 Å². The van der Waals surface area contributed by atoms with E-state index in [-0.39, 0.29) is 0 Å². The lowest BCUT2D eigenvalue weighted by Gasteiger charge is -1.93. The third kappa shape index (κ3) is 2.35. The molecule has 0 aromatic heterocycles. The van der Waals surface area contributed by atoms with Crippen molar-refractivity contribution in [3.63, 3.8) is 0 Å². The van der Waals surface area contributed by atoms with Gasteiger partial charge in [-0.3, -0.25) is 0 Å². The molecule has 1 heteroatoms. The van der Waals surface area contributed by atoms with Crippen LogP contribution in [-0.2, 0) is 6.42 Å². The van der Waals surface area contributed by atoms with E-state index in [1.165, 1.54) is 0 Å². The molecule has 48 valence electrons. The molecule has 0 saturated heterocycles. The molecule has 0 bridgehead atoms. The maximum Gasteiger partial charge on any atom is 0.0381 e. The van der Waals surface area contributed by atoms with Gasteiger partial charge in [0.15, 0.2) is 0 Å². The summed E-state index contributed by atoms with van der Waals surface area (Å²) in [5.74, 6) is 0. The second-order valence-corrected chi connectivity index (χ2v) is 2.56. The number of hydrogen-bond acceptors (Lipinski definition) is 0. The Balaban J connectivity index is 2.66. The van der Waals surface area contributed by atoms with Gasteiger partial charge in [-0.15, -0.1) is 0 Å². The van der Waals surface area contributed by atoms with Crippen molar-refractivity contribution in [1.29, 1.82) is 0 Å². The first kappa shape index (κ1) is 4.72. The first-order valence-corrected chi connectivity index (χ1v) is 3.89. The molecule has 0 nitrogen and oxygen atoms in total. The fourth-order valence-corrected chi connectivity index (χ4v) is 1.11. The molecule has 0 aliphatic rings. The Morgan fingerprint density at radius 1 is 1.33 bits per heavy atom. The van der Waals surface area contributed by atoms with Crippen molar-refractivity contribution in [1.82, 2.24) is 0 Å². The molecule has 0 N–H and O–H groups in total. The first-order valence-electron chi connectivity index (χ1n) is 3.81. The Hall–Kier alpha value is -0.0500. The molecule has 0 radical (unpaired) electrons. The van der Waals surface area contributed by atoms with E-state index in [1.54, 1.807) is 0 Å². The van der Waals surface area contributed by atoms with Crippen LogP contribution in [0.1, 0.15) is 8.30 Å². The predicted octanol–water partition coefficient (Wildman–Crippen LogP) is 2.66. The molecular weight excluding hydrogens is 223 g/mol. The van der Waals surface area contributed by atoms with Gasteiger partial charge in [0, 0.05) is 7.12 Å². The van der Waals surface area contributed by atoms with Crippen LogP contribution in [0, 0.1) is 0 Å². The Kier molecular flexibility index (Phi) is 2.03. The molecule has 0 saturated carbocycles. The van der Waals surface area contributed by atoms with E-state index in [1.807, 2.05) is 52.9 Å². The van der Waals surface area contributed by atoms with Gasteiger partial charge in [-0.25, -0.2) is 0 Å². The number of hydrogen-bond donors (Lipinski definition) is 0. The van der Waals surface area contributed by atoms with Gasteiger partial charge in [-0.2, -0.15) is 0 Å². The van der Waals surface area contributed by atoms with Gasteiger partial charge in [0.2, 0.25) is 0 Å². The van der Waals surface area contributed by atoms with Crippen molar-refractivity contribution >= 4 is 22.6 Å². The van der Waals surface area contributed by atoms with Crippen molar-refractivity contribution in [2.45, 2.75) is 6.42 Å². The molecule has 0 amide bonds. The van der Waals surface area contributed by atoms with Crippen LogP contribution in [0.5, 0.6) is 0 Å². The second-order valence-electron chi connectivity index (χ2n) is 1.80. The molecule has 0 heterocycles. The van der Waals surface area contributed by atoms with Crippen LogP contribution in [0.3, 0.4) is 0 Å². The molecule has 1 rings (SSSR count).